The van der Waals surface area contributed by atoms with E-state index in [1.807, 2.05) is 0 Å². The lowest BCUT2D eigenvalue weighted by atomic mass is 9.89. The van der Waals surface area contributed by atoms with Gasteiger partial charge in [-0.05, 0) is 13.0 Å². The summed E-state index contributed by atoms with van der Waals surface area (Å²) in [6.07, 6.45) is -0.233. The Labute approximate surface area is 148 Å². The van der Waals surface area contributed by atoms with Gasteiger partial charge in [-0.3, -0.25) is 19.7 Å². The van der Waals surface area contributed by atoms with Crippen molar-refractivity contribution in [1.82, 2.24) is 5.32 Å². The van der Waals surface area contributed by atoms with Crippen LogP contribution in [0.25, 0.3) is 0 Å². The molecule has 0 saturated carbocycles. The Morgan fingerprint density at radius 1 is 1.35 bits per heavy atom. The molecule has 2 rings (SSSR count). The highest BCUT2D eigenvalue weighted by Crippen LogP contribution is 2.31. The molecule has 1 unspecified atom stereocenters. The molecule has 1 aromatic rings. The van der Waals surface area contributed by atoms with Crippen LogP contribution in [0.3, 0.4) is 0 Å². The molecule has 0 fully saturated rings. The van der Waals surface area contributed by atoms with Gasteiger partial charge in [0.05, 0.1) is 42.4 Å². The average Bonchev–Trinajstić information content (AvgIpc) is 2.60. The lowest BCUT2D eigenvalue weighted by Crippen LogP contribution is -2.40. The molecule has 0 saturated heterocycles. The number of carbonyl (C=O) groups is 3. The van der Waals surface area contributed by atoms with Crippen LogP contribution in [0.1, 0.15) is 13.3 Å². The van der Waals surface area contributed by atoms with Crippen LogP contribution in [-0.4, -0.2) is 36.9 Å². The first-order valence-corrected chi connectivity index (χ1v) is 7.50. The van der Waals surface area contributed by atoms with Gasteiger partial charge in [0.1, 0.15) is 5.75 Å². The van der Waals surface area contributed by atoms with Crippen molar-refractivity contribution in [2.45, 2.75) is 13.3 Å². The molecule has 0 radical (unpaired) electrons. The van der Waals surface area contributed by atoms with Crippen LogP contribution >= 0.6 is 0 Å². The number of hydrogen-bond acceptors (Lipinski definition) is 7. The molecule has 10 heteroatoms. The van der Waals surface area contributed by atoms with E-state index in [0.29, 0.717) is 0 Å². The van der Waals surface area contributed by atoms with E-state index in [1.54, 1.807) is 0 Å². The predicted octanol–water partition coefficient (Wildman–Crippen LogP) is 1.12. The van der Waals surface area contributed by atoms with E-state index in [2.05, 4.69) is 15.4 Å². The number of methoxy groups -OCH3 is 2. The highest BCUT2D eigenvalue weighted by molar-refractivity contribution is 6.06. The number of nitro groups is 1. The highest BCUT2D eigenvalue weighted by Gasteiger charge is 2.36. The third kappa shape index (κ3) is 3.79. The zero-order valence-corrected chi connectivity index (χ0v) is 14.3. The van der Waals surface area contributed by atoms with Gasteiger partial charge in [0, 0.05) is 18.2 Å². The maximum atomic E-state index is 12.7. The molecule has 0 aliphatic carbocycles. The van der Waals surface area contributed by atoms with Crippen LogP contribution < -0.4 is 15.4 Å². The van der Waals surface area contributed by atoms with Gasteiger partial charge in [-0.1, -0.05) is 0 Å². The Balaban J connectivity index is 2.33. The Bertz CT molecular complexity index is 816. The first kappa shape index (κ1) is 18.9. The summed E-state index contributed by atoms with van der Waals surface area (Å²) in [4.78, 5) is 46.6. The number of nitro benzene ring substituents is 1. The number of carbonyl (C=O) groups excluding carboxylic acids is 3. The van der Waals surface area contributed by atoms with Crippen LogP contribution in [-0.2, 0) is 19.1 Å². The maximum absolute atomic E-state index is 12.7. The van der Waals surface area contributed by atoms with E-state index in [0.717, 1.165) is 6.07 Å². The zero-order chi connectivity index (χ0) is 19.4. The van der Waals surface area contributed by atoms with Crippen molar-refractivity contribution in [3.63, 3.8) is 0 Å². The largest absolute Gasteiger partial charge is 0.494 e. The number of nitrogens with zero attached hydrogens (tertiary/aromatic N) is 1. The van der Waals surface area contributed by atoms with Crippen LogP contribution in [0, 0.1) is 16.0 Å². The Morgan fingerprint density at radius 3 is 2.62 bits per heavy atom. The minimum absolute atomic E-state index is 0.0467. The standard InChI is InChI=1S/C16H17N3O7/c1-8-14(16(22)26-3)10(7-13(20)17-8)15(21)18-11-5-4-9(19(23)24)6-12(11)25-2/h4-6,10H,7H2,1-3H3,(H,17,20)(H,18,21). The Hall–Kier alpha value is -3.43. The fraction of sp³-hybridized carbons (Fsp3) is 0.312. The second-order valence-corrected chi connectivity index (χ2v) is 5.47. The molecule has 26 heavy (non-hydrogen) atoms. The molecule has 138 valence electrons. The Morgan fingerprint density at radius 2 is 2.04 bits per heavy atom. The van der Waals surface area contributed by atoms with Gasteiger partial charge < -0.3 is 20.1 Å². The smallest absolute Gasteiger partial charge is 0.336 e. The van der Waals surface area contributed by atoms with Gasteiger partial charge in [-0.25, -0.2) is 4.79 Å². The molecule has 1 aliphatic heterocycles. The van der Waals surface area contributed by atoms with E-state index in [1.165, 1.54) is 33.3 Å². The number of benzene rings is 1. The number of nitrogens with one attached hydrogen (secondary N) is 2. The fourth-order valence-electron chi connectivity index (χ4n) is 2.62. The van der Waals surface area contributed by atoms with Crippen molar-refractivity contribution >= 4 is 29.2 Å². The molecule has 1 aromatic carbocycles. The van der Waals surface area contributed by atoms with Crippen molar-refractivity contribution < 1.29 is 28.8 Å². The third-order valence-electron chi connectivity index (χ3n) is 3.84. The van der Waals surface area contributed by atoms with Gasteiger partial charge in [0.15, 0.2) is 0 Å². The summed E-state index contributed by atoms with van der Waals surface area (Å²) >= 11 is 0. The van der Waals surface area contributed by atoms with Gasteiger partial charge in [0.2, 0.25) is 11.8 Å². The fourth-order valence-corrected chi connectivity index (χ4v) is 2.62. The van der Waals surface area contributed by atoms with Crippen LogP contribution in [0.2, 0.25) is 0 Å². The molecular weight excluding hydrogens is 346 g/mol. The van der Waals surface area contributed by atoms with E-state index >= 15 is 0 Å². The van der Waals surface area contributed by atoms with Gasteiger partial charge in [0.25, 0.3) is 5.69 Å². The van der Waals surface area contributed by atoms with Crippen molar-refractivity contribution in [2.24, 2.45) is 5.92 Å². The number of allylic oxidation sites excluding steroid dienone is 1. The number of hydrogen-bond donors (Lipinski definition) is 2. The molecular formula is C16H17N3O7. The SMILES string of the molecule is COC(=O)C1=C(C)NC(=O)CC1C(=O)Nc1ccc([N+](=O)[O-])cc1OC. The minimum atomic E-state index is -1.06. The summed E-state index contributed by atoms with van der Waals surface area (Å²) in [5.74, 6) is -2.75. The number of amides is 2. The molecule has 1 aliphatic rings. The summed E-state index contributed by atoms with van der Waals surface area (Å²) in [6, 6.07) is 3.67. The quantitative estimate of drug-likeness (QED) is 0.454. The average molecular weight is 363 g/mol. The molecule has 10 nitrogen and oxygen atoms in total. The van der Waals surface area contributed by atoms with Crippen LogP contribution in [0.4, 0.5) is 11.4 Å². The monoisotopic (exact) mass is 363 g/mol. The molecule has 2 N–H and O–H groups in total. The summed E-state index contributed by atoms with van der Waals surface area (Å²) in [5, 5.41) is 15.9. The maximum Gasteiger partial charge on any atom is 0.336 e. The van der Waals surface area contributed by atoms with E-state index in [-0.39, 0.29) is 34.8 Å². The third-order valence-corrected chi connectivity index (χ3v) is 3.84. The van der Waals surface area contributed by atoms with E-state index < -0.39 is 28.6 Å². The molecule has 0 aromatic heterocycles. The molecule has 0 bridgehead atoms. The molecule has 1 heterocycles. The number of anilines is 1. The van der Waals surface area contributed by atoms with Crippen molar-refractivity contribution in [2.75, 3.05) is 19.5 Å². The summed E-state index contributed by atoms with van der Waals surface area (Å²) in [5.41, 5.74) is 0.258. The molecule has 1 atom stereocenters. The summed E-state index contributed by atoms with van der Waals surface area (Å²) < 4.78 is 9.75. The van der Waals surface area contributed by atoms with Crippen molar-refractivity contribution in [3.05, 3.63) is 39.6 Å². The number of non-ortho nitro benzene ring substituents is 1. The zero-order valence-electron chi connectivity index (χ0n) is 14.3. The second-order valence-electron chi connectivity index (χ2n) is 5.47. The van der Waals surface area contributed by atoms with E-state index in [9.17, 15) is 24.5 Å². The van der Waals surface area contributed by atoms with Crippen molar-refractivity contribution in [1.29, 1.82) is 0 Å². The normalized spacial score (nSPS) is 16.6. The van der Waals surface area contributed by atoms with Gasteiger partial charge in [-0.2, -0.15) is 0 Å². The first-order chi connectivity index (χ1) is 12.3. The van der Waals surface area contributed by atoms with Crippen LogP contribution in [0.5, 0.6) is 5.75 Å². The van der Waals surface area contributed by atoms with E-state index in [4.69, 9.17) is 4.74 Å². The minimum Gasteiger partial charge on any atom is -0.494 e. The predicted molar refractivity (Wildman–Crippen MR) is 89.2 cm³/mol. The number of ether oxygens (including phenoxy) is 2. The summed E-state index contributed by atoms with van der Waals surface area (Å²) in [6.45, 7) is 1.50. The second kappa shape index (κ2) is 7.64. The lowest BCUT2D eigenvalue weighted by molar-refractivity contribution is -0.384. The van der Waals surface area contributed by atoms with Crippen molar-refractivity contribution in [3.8, 4) is 5.75 Å². The number of rotatable bonds is 5. The van der Waals surface area contributed by atoms with Gasteiger partial charge in [-0.15, -0.1) is 0 Å². The molecule has 2 amide bonds. The lowest BCUT2D eigenvalue weighted by Gasteiger charge is -2.25. The topological polar surface area (TPSA) is 137 Å². The Kier molecular flexibility index (Phi) is 5.55. The van der Waals surface area contributed by atoms with Gasteiger partial charge >= 0.3 is 5.97 Å². The number of esters is 1. The molecule has 0 spiro atoms. The van der Waals surface area contributed by atoms with Crippen LogP contribution in [0.15, 0.2) is 29.5 Å². The summed E-state index contributed by atoms with van der Waals surface area (Å²) in [7, 11) is 2.47. The highest BCUT2D eigenvalue weighted by atomic mass is 16.6. The first-order valence-electron chi connectivity index (χ1n) is 7.50.